The third-order valence-corrected chi connectivity index (χ3v) is 3.84. The smallest absolute Gasteiger partial charge is 0.253 e. The molecule has 0 unspecified atom stereocenters. The van der Waals surface area contributed by atoms with E-state index < -0.39 is 0 Å². The van der Waals surface area contributed by atoms with E-state index in [-0.39, 0.29) is 29.6 Å². The van der Waals surface area contributed by atoms with Gasteiger partial charge in [0.15, 0.2) is 0 Å². The molecule has 1 aromatic carbocycles. The summed E-state index contributed by atoms with van der Waals surface area (Å²) in [5, 5.41) is 9.16. The minimum Gasteiger partial charge on any atom is -0.391 e. The lowest BCUT2D eigenvalue weighted by molar-refractivity contribution is -0.117. The summed E-state index contributed by atoms with van der Waals surface area (Å²) >= 11 is 0. The molecule has 1 aromatic heterocycles. The van der Waals surface area contributed by atoms with E-state index in [0.29, 0.717) is 18.7 Å². The Balaban J connectivity index is 1.87. The summed E-state index contributed by atoms with van der Waals surface area (Å²) in [4.78, 5) is 27.9. The van der Waals surface area contributed by atoms with E-state index in [4.69, 9.17) is 5.11 Å². The summed E-state index contributed by atoms with van der Waals surface area (Å²) < 4.78 is 0. The summed E-state index contributed by atoms with van der Waals surface area (Å²) in [7, 11) is 0. The van der Waals surface area contributed by atoms with Gasteiger partial charge in [0.1, 0.15) is 0 Å². The Bertz CT molecular complexity index is 709. The first-order valence-corrected chi connectivity index (χ1v) is 6.87. The number of benzene rings is 1. The van der Waals surface area contributed by atoms with E-state index in [9.17, 15) is 9.59 Å². The van der Waals surface area contributed by atoms with Gasteiger partial charge in [-0.1, -0.05) is 30.3 Å². The van der Waals surface area contributed by atoms with Gasteiger partial charge in [-0.05, 0) is 11.6 Å². The first-order chi connectivity index (χ1) is 10.2. The number of hydrogen-bond acceptors (Lipinski definition) is 3. The van der Waals surface area contributed by atoms with E-state index in [2.05, 4.69) is 4.98 Å². The normalized spacial score (nSPS) is 18.2. The zero-order chi connectivity index (χ0) is 14.8. The van der Waals surface area contributed by atoms with Crippen molar-refractivity contribution in [3.05, 3.63) is 64.1 Å². The standard InChI is InChI=1S/C16H16N2O3/c19-10-13-6-14(8-17-16(13)21)18-9-12(7-15(18)20)11-4-2-1-3-5-11/h1-6,8,12,19H,7,9-10H2,(H,17,21)/t12-/m0/s1. The number of nitrogens with one attached hydrogen (secondary N) is 1. The minimum atomic E-state index is -0.340. The Kier molecular flexibility index (Phi) is 3.58. The van der Waals surface area contributed by atoms with Crippen molar-refractivity contribution >= 4 is 11.6 Å². The average Bonchev–Trinajstić information content (AvgIpc) is 2.91. The fraction of sp³-hybridized carbons (Fsp3) is 0.250. The van der Waals surface area contributed by atoms with E-state index in [1.807, 2.05) is 30.3 Å². The van der Waals surface area contributed by atoms with Gasteiger partial charge in [-0.15, -0.1) is 0 Å². The third-order valence-electron chi connectivity index (χ3n) is 3.84. The van der Waals surface area contributed by atoms with Crippen LogP contribution in [0.2, 0.25) is 0 Å². The minimum absolute atomic E-state index is 0.0276. The lowest BCUT2D eigenvalue weighted by Gasteiger charge is -2.17. The lowest BCUT2D eigenvalue weighted by atomic mass is 9.99. The van der Waals surface area contributed by atoms with Crippen LogP contribution in [0, 0.1) is 0 Å². The molecule has 0 spiro atoms. The highest BCUT2D eigenvalue weighted by Gasteiger charge is 2.31. The van der Waals surface area contributed by atoms with Crippen LogP contribution in [-0.2, 0) is 11.4 Å². The molecule has 1 amide bonds. The number of carbonyl (C=O) groups is 1. The molecule has 2 N–H and O–H groups in total. The van der Waals surface area contributed by atoms with Gasteiger partial charge in [0, 0.05) is 30.6 Å². The van der Waals surface area contributed by atoms with Gasteiger partial charge in [-0.25, -0.2) is 0 Å². The monoisotopic (exact) mass is 284 g/mol. The molecule has 0 radical (unpaired) electrons. The highest BCUT2D eigenvalue weighted by Crippen LogP contribution is 2.31. The lowest BCUT2D eigenvalue weighted by Crippen LogP contribution is -2.26. The molecule has 1 atom stereocenters. The third kappa shape index (κ3) is 2.60. The predicted molar refractivity (Wildman–Crippen MR) is 79.1 cm³/mol. The van der Waals surface area contributed by atoms with Crippen LogP contribution >= 0.6 is 0 Å². The second-order valence-corrected chi connectivity index (χ2v) is 5.19. The summed E-state index contributed by atoms with van der Waals surface area (Å²) in [6.45, 7) is 0.243. The SMILES string of the molecule is O=C1C[C@H](c2ccccc2)CN1c1c[nH]c(=O)c(CO)c1. The Hall–Kier alpha value is -2.40. The fourth-order valence-corrected chi connectivity index (χ4v) is 2.70. The molecule has 1 aliphatic heterocycles. The zero-order valence-corrected chi connectivity index (χ0v) is 11.5. The van der Waals surface area contributed by atoms with Crippen LogP contribution in [0.3, 0.4) is 0 Å². The molecule has 5 nitrogen and oxygen atoms in total. The maximum absolute atomic E-state index is 12.2. The maximum atomic E-state index is 12.2. The number of aromatic amines is 1. The molecule has 0 aliphatic carbocycles. The molecule has 21 heavy (non-hydrogen) atoms. The molecule has 1 aliphatic rings. The summed E-state index contributed by atoms with van der Waals surface area (Å²) in [6, 6.07) is 11.5. The maximum Gasteiger partial charge on any atom is 0.253 e. The van der Waals surface area contributed by atoms with Gasteiger partial charge in [0.25, 0.3) is 5.56 Å². The predicted octanol–water partition coefficient (Wildman–Crippen LogP) is 1.39. The van der Waals surface area contributed by atoms with Crippen molar-refractivity contribution in [2.45, 2.75) is 18.9 Å². The zero-order valence-electron chi connectivity index (χ0n) is 11.5. The van der Waals surface area contributed by atoms with Crippen molar-refractivity contribution in [2.75, 3.05) is 11.4 Å². The van der Waals surface area contributed by atoms with Gasteiger partial charge in [-0.2, -0.15) is 0 Å². The Morgan fingerprint density at radius 2 is 2.00 bits per heavy atom. The number of aliphatic hydroxyl groups is 1. The largest absolute Gasteiger partial charge is 0.391 e. The van der Waals surface area contributed by atoms with E-state index >= 15 is 0 Å². The number of nitrogens with zero attached hydrogens (tertiary/aromatic N) is 1. The highest BCUT2D eigenvalue weighted by molar-refractivity contribution is 5.96. The Morgan fingerprint density at radius 1 is 1.24 bits per heavy atom. The quantitative estimate of drug-likeness (QED) is 0.894. The number of anilines is 1. The summed E-state index contributed by atoms with van der Waals surface area (Å²) in [6.07, 6.45) is 1.98. The Morgan fingerprint density at radius 3 is 2.71 bits per heavy atom. The number of rotatable bonds is 3. The van der Waals surface area contributed by atoms with Crippen LogP contribution < -0.4 is 10.5 Å². The average molecular weight is 284 g/mol. The molecular weight excluding hydrogens is 268 g/mol. The second-order valence-electron chi connectivity index (χ2n) is 5.19. The number of hydrogen-bond donors (Lipinski definition) is 2. The summed E-state index contributed by atoms with van der Waals surface area (Å²) in [5.74, 6) is 0.183. The molecule has 0 saturated carbocycles. The van der Waals surface area contributed by atoms with Crippen LogP contribution in [0.1, 0.15) is 23.5 Å². The van der Waals surface area contributed by atoms with Crippen LogP contribution in [0.4, 0.5) is 5.69 Å². The van der Waals surface area contributed by atoms with Gasteiger partial charge in [-0.3, -0.25) is 9.59 Å². The fourth-order valence-electron chi connectivity index (χ4n) is 2.70. The molecule has 0 bridgehead atoms. The second kappa shape index (κ2) is 5.54. The molecule has 5 heteroatoms. The van der Waals surface area contributed by atoms with Gasteiger partial charge in [0.2, 0.25) is 5.91 Å². The topological polar surface area (TPSA) is 73.4 Å². The first kappa shape index (κ1) is 13.6. The molecule has 1 saturated heterocycles. The van der Waals surface area contributed by atoms with Crippen LogP contribution in [0.15, 0.2) is 47.4 Å². The van der Waals surface area contributed by atoms with Gasteiger partial charge < -0.3 is 15.0 Å². The molecule has 2 heterocycles. The number of pyridine rings is 1. The number of amides is 1. The molecule has 1 fully saturated rings. The van der Waals surface area contributed by atoms with Gasteiger partial charge in [0.05, 0.1) is 12.3 Å². The number of aromatic nitrogens is 1. The molecule has 108 valence electrons. The van der Waals surface area contributed by atoms with Crippen LogP contribution in [0.5, 0.6) is 0 Å². The van der Waals surface area contributed by atoms with Crippen molar-refractivity contribution in [3.8, 4) is 0 Å². The van der Waals surface area contributed by atoms with Gasteiger partial charge >= 0.3 is 0 Å². The molecule has 3 rings (SSSR count). The highest BCUT2D eigenvalue weighted by atomic mass is 16.3. The number of carbonyl (C=O) groups excluding carboxylic acids is 1. The van der Waals surface area contributed by atoms with E-state index in [1.165, 1.54) is 6.20 Å². The number of aliphatic hydroxyl groups excluding tert-OH is 1. The van der Waals surface area contributed by atoms with Crippen molar-refractivity contribution in [1.82, 2.24) is 4.98 Å². The van der Waals surface area contributed by atoms with E-state index in [1.54, 1.807) is 11.0 Å². The molecule has 2 aromatic rings. The van der Waals surface area contributed by atoms with E-state index in [0.717, 1.165) is 5.56 Å². The van der Waals surface area contributed by atoms with Crippen LogP contribution in [0.25, 0.3) is 0 Å². The Labute approximate surface area is 121 Å². The van der Waals surface area contributed by atoms with Crippen molar-refractivity contribution in [3.63, 3.8) is 0 Å². The first-order valence-electron chi connectivity index (χ1n) is 6.87. The number of H-pyrrole nitrogens is 1. The van der Waals surface area contributed by atoms with Crippen molar-refractivity contribution in [2.24, 2.45) is 0 Å². The summed E-state index contributed by atoms with van der Waals surface area (Å²) in [5.41, 5.74) is 1.71. The van der Waals surface area contributed by atoms with Crippen molar-refractivity contribution in [1.29, 1.82) is 0 Å². The van der Waals surface area contributed by atoms with Crippen molar-refractivity contribution < 1.29 is 9.90 Å². The molecular formula is C16H16N2O3. The van der Waals surface area contributed by atoms with Crippen LogP contribution in [-0.4, -0.2) is 22.5 Å².